The Hall–Kier alpha value is -0.940. The van der Waals surface area contributed by atoms with E-state index in [2.05, 4.69) is 27.9 Å². The topological polar surface area (TPSA) is 54.0 Å². The van der Waals surface area contributed by atoms with E-state index in [1.807, 2.05) is 0 Å². The first-order valence-electron chi connectivity index (χ1n) is 5.71. The molecule has 2 heterocycles. The minimum absolute atomic E-state index is 0.171. The summed E-state index contributed by atoms with van der Waals surface area (Å²) in [5.74, 6) is 0.353. The van der Waals surface area contributed by atoms with Crippen LogP contribution in [0.2, 0.25) is 0 Å². The lowest BCUT2D eigenvalue weighted by atomic mass is 10.0. The van der Waals surface area contributed by atoms with Crippen molar-refractivity contribution in [2.24, 2.45) is 5.92 Å². The zero-order chi connectivity index (χ0) is 11.4. The molecule has 1 aromatic rings. The first kappa shape index (κ1) is 11.5. The monoisotopic (exact) mass is 239 g/mol. The maximum absolute atomic E-state index is 11.5. The normalized spacial score (nSPS) is 15.8. The number of aryl methyl sites for hydroxylation is 1. The minimum Gasteiger partial charge on any atom is -0.355 e. The summed E-state index contributed by atoms with van der Waals surface area (Å²) in [6.07, 6.45) is 1.83. The lowest BCUT2D eigenvalue weighted by Gasteiger charge is -2.25. The molecule has 5 heteroatoms. The van der Waals surface area contributed by atoms with Crippen LogP contribution in [0.4, 0.5) is 0 Å². The van der Waals surface area contributed by atoms with E-state index >= 15 is 0 Å². The zero-order valence-corrected chi connectivity index (χ0v) is 10.3. The van der Waals surface area contributed by atoms with E-state index in [4.69, 9.17) is 0 Å². The van der Waals surface area contributed by atoms with Crippen LogP contribution in [0, 0.1) is 5.92 Å². The van der Waals surface area contributed by atoms with Crippen LogP contribution in [0.5, 0.6) is 0 Å². The third kappa shape index (κ3) is 2.80. The van der Waals surface area contributed by atoms with Gasteiger partial charge in [-0.2, -0.15) is 0 Å². The average Bonchev–Trinajstić information content (AvgIpc) is 2.63. The van der Waals surface area contributed by atoms with E-state index in [0.717, 1.165) is 31.6 Å². The lowest BCUT2D eigenvalue weighted by molar-refractivity contribution is -0.126. The highest BCUT2D eigenvalue weighted by molar-refractivity contribution is 7.09. The number of carbonyl (C=O) groups is 1. The van der Waals surface area contributed by atoms with Gasteiger partial charge in [0.15, 0.2) is 0 Å². The predicted molar refractivity (Wildman–Crippen MR) is 64.6 cm³/mol. The fraction of sp³-hybridized carbons (Fsp3) is 0.636. The molecular formula is C11H17N3OS. The summed E-state index contributed by atoms with van der Waals surface area (Å²) in [6.45, 7) is 4.45. The standard InChI is InChI=1S/C11H17N3OS/c1-2-10-14-9(7-16-10)3-4-13-11(15)8-5-12-6-8/h7-8,12H,2-6H2,1H3,(H,13,15). The Morgan fingerprint density at radius 1 is 1.69 bits per heavy atom. The summed E-state index contributed by atoms with van der Waals surface area (Å²) >= 11 is 1.70. The van der Waals surface area contributed by atoms with Gasteiger partial charge in [0.2, 0.25) is 5.91 Å². The Bertz CT molecular complexity index is 360. The highest BCUT2D eigenvalue weighted by atomic mass is 32.1. The molecule has 1 aliphatic rings. The molecule has 1 saturated heterocycles. The minimum atomic E-state index is 0.171. The second-order valence-corrected chi connectivity index (χ2v) is 4.92. The summed E-state index contributed by atoms with van der Waals surface area (Å²) < 4.78 is 0. The molecule has 0 spiro atoms. The third-order valence-corrected chi connectivity index (χ3v) is 3.78. The number of thiazole rings is 1. The van der Waals surface area contributed by atoms with Gasteiger partial charge in [-0.15, -0.1) is 11.3 Å². The molecule has 0 aromatic carbocycles. The van der Waals surface area contributed by atoms with Crippen LogP contribution >= 0.6 is 11.3 Å². The number of nitrogens with one attached hydrogen (secondary N) is 2. The molecule has 0 unspecified atom stereocenters. The predicted octanol–water partition coefficient (Wildman–Crippen LogP) is 0.584. The van der Waals surface area contributed by atoms with Gasteiger partial charge < -0.3 is 10.6 Å². The fourth-order valence-corrected chi connectivity index (χ4v) is 2.34. The van der Waals surface area contributed by atoms with Crippen molar-refractivity contribution in [3.8, 4) is 0 Å². The molecule has 0 radical (unpaired) electrons. The smallest absolute Gasteiger partial charge is 0.225 e. The van der Waals surface area contributed by atoms with Crippen molar-refractivity contribution in [3.63, 3.8) is 0 Å². The van der Waals surface area contributed by atoms with Crippen molar-refractivity contribution in [2.45, 2.75) is 19.8 Å². The third-order valence-electron chi connectivity index (χ3n) is 2.73. The van der Waals surface area contributed by atoms with Crippen molar-refractivity contribution in [2.75, 3.05) is 19.6 Å². The molecule has 4 nitrogen and oxygen atoms in total. The second-order valence-electron chi connectivity index (χ2n) is 3.98. The quantitative estimate of drug-likeness (QED) is 0.790. The Morgan fingerprint density at radius 3 is 3.06 bits per heavy atom. The van der Waals surface area contributed by atoms with E-state index < -0.39 is 0 Å². The summed E-state index contributed by atoms with van der Waals surface area (Å²) in [6, 6.07) is 0. The Kier molecular flexibility index (Phi) is 3.90. The summed E-state index contributed by atoms with van der Waals surface area (Å²) in [5, 5.41) is 9.29. The van der Waals surface area contributed by atoms with Gasteiger partial charge in [-0.25, -0.2) is 4.98 Å². The Morgan fingerprint density at radius 2 is 2.50 bits per heavy atom. The second kappa shape index (κ2) is 5.41. The van der Waals surface area contributed by atoms with Gasteiger partial charge in [-0.05, 0) is 6.42 Å². The van der Waals surface area contributed by atoms with Gasteiger partial charge >= 0.3 is 0 Å². The van der Waals surface area contributed by atoms with Crippen LogP contribution in [0.15, 0.2) is 5.38 Å². The molecule has 88 valence electrons. The summed E-state index contributed by atoms with van der Waals surface area (Å²) in [4.78, 5) is 16.0. The summed E-state index contributed by atoms with van der Waals surface area (Å²) in [5.41, 5.74) is 1.09. The number of aromatic nitrogens is 1. The SMILES string of the molecule is CCc1nc(CCNC(=O)C2CNC2)cs1. The van der Waals surface area contributed by atoms with E-state index in [0.29, 0.717) is 6.54 Å². The molecule has 1 amide bonds. The number of nitrogens with zero attached hydrogens (tertiary/aromatic N) is 1. The molecule has 0 saturated carbocycles. The van der Waals surface area contributed by atoms with Crippen LogP contribution in [-0.4, -0.2) is 30.5 Å². The number of hydrogen-bond donors (Lipinski definition) is 2. The van der Waals surface area contributed by atoms with Crippen LogP contribution in [-0.2, 0) is 17.6 Å². The molecule has 0 aliphatic carbocycles. The van der Waals surface area contributed by atoms with Crippen LogP contribution < -0.4 is 10.6 Å². The molecular weight excluding hydrogens is 222 g/mol. The average molecular weight is 239 g/mol. The fourth-order valence-electron chi connectivity index (χ4n) is 1.56. The van der Waals surface area contributed by atoms with E-state index in [1.54, 1.807) is 11.3 Å². The van der Waals surface area contributed by atoms with Crippen molar-refractivity contribution < 1.29 is 4.79 Å². The van der Waals surface area contributed by atoms with Gasteiger partial charge in [0.1, 0.15) is 0 Å². The highest BCUT2D eigenvalue weighted by Gasteiger charge is 2.24. The highest BCUT2D eigenvalue weighted by Crippen LogP contribution is 2.10. The molecule has 0 atom stereocenters. The van der Waals surface area contributed by atoms with Crippen molar-refractivity contribution in [1.82, 2.24) is 15.6 Å². The van der Waals surface area contributed by atoms with Crippen LogP contribution in [0.1, 0.15) is 17.6 Å². The van der Waals surface area contributed by atoms with Crippen molar-refractivity contribution in [3.05, 3.63) is 16.1 Å². The Balaban J connectivity index is 1.68. The number of hydrogen-bond acceptors (Lipinski definition) is 4. The zero-order valence-electron chi connectivity index (χ0n) is 9.45. The van der Waals surface area contributed by atoms with Crippen molar-refractivity contribution >= 4 is 17.2 Å². The molecule has 1 fully saturated rings. The maximum atomic E-state index is 11.5. The van der Waals surface area contributed by atoms with E-state index in [9.17, 15) is 4.79 Å². The first-order valence-corrected chi connectivity index (χ1v) is 6.59. The van der Waals surface area contributed by atoms with E-state index in [-0.39, 0.29) is 11.8 Å². The van der Waals surface area contributed by atoms with Gasteiger partial charge in [0.05, 0.1) is 16.6 Å². The number of carbonyl (C=O) groups excluding carboxylic acids is 1. The van der Waals surface area contributed by atoms with Crippen LogP contribution in [0.25, 0.3) is 0 Å². The van der Waals surface area contributed by atoms with Gasteiger partial charge in [0, 0.05) is 31.4 Å². The first-order chi connectivity index (χ1) is 7.79. The Labute approximate surface area is 99.5 Å². The molecule has 16 heavy (non-hydrogen) atoms. The van der Waals surface area contributed by atoms with Crippen molar-refractivity contribution in [1.29, 1.82) is 0 Å². The largest absolute Gasteiger partial charge is 0.355 e. The molecule has 2 N–H and O–H groups in total. The number of amides is 1. The maximum Gasteiger partial charge on any atom is 0.225 e. The number of rotatable bonds is 5. The van der Waals surface area contributed by atoms with Gasteiger partial charge in [0.25, 0.3) is 0 Å². The van der Waals surface area contributed by atoms with E-state index in [1.165, 1.54) is 5.01 Å². The van der Waals surface area contributed by atoms with Gasteiger partial charge in [-0.1, -0.05) is 6.92 Å². The molecule has 1 aromatic heterocycles. The van der Waals surface area contributed by atoms with Gasteiger partial charge in [-0.3, -0.25) is 4.79 Å². The van der Waals surface area contributed by atoms with Crippen LogP contribution in [0.3, 0.4) is 0 Å². The lowest BCUT2D eigenvalue weighted by Crippen LogP contribution is -2.51. The summed E-state index contributed by atoms with van der Waals surface area (Å²) in [7, 11) is 0. The molecule has 1 aliphatic heterocycles. The molecule has 0 bridgehead atoms. The molecule has 2 rings (SSSR count).